The van der Waals surface area contributed by atoms with E-state index in [4.69, 9.17) is 37.4 Å². The number of hydrogen-bond acceptors (Lipinski definition) is 8. The predicted molar refractivity (Wildman–Crippen MR) is 143 cm³/mol. The van der Waals surface area contributed by atoms with E-state index in [0.29, 0.717) is 17.7 Å². The van der Waals surface area contributed by atoms with E-state index in [1.807, 2.05) is 37.4 Å². The second kappa shape index (κ2) is 12.9. The number of rotatable bonds is 10. The third-order valence-corrected chi connectivity index (χ3v) is 5.96. The number of amides is 1. The van der Waals surface area contributed by atoms with Gasteiger partial charge < -0.3 is 24.4 Å². The van der Waals surface area contributed by atoms with E-state index in [9.17, 15) is 9.59 Å². The molecule has 1 aromatic heterocycles. The minimum atomic E-state index is -0.924. The first-order valence-corrected chi connectivity index (χ1v) is 11.8. The number of methoxy groups -OCH3 is 3. The first-order valence-electron chi connectivity index (χ1n) is 11.1. The highest BCUT2D eigenvalue weighted by atomic mass is 35.5. The van der Waals surface area contributed by atoms with Crippen molar-refractivity contribution in [1.29, 1.82) is 0 Å². The zero-order valence-electron chi connectivity index (χ0n) is 20.7. The van der Waals surface area contributed by atoms with Crippen molar-refractivity contribution in [2.75, 3.05) is 33.3 Å². The molecule has 37 heavy (non-hydrogen) atoms. The van der Waals surface area contributed by atoms with Crippen LogP contribution in [0.5, 0.6) is 11.8 Å². The summed E-state index contributed by atoms with van der Waals surface area (Å²) in [6, 6.07) is 13.0. The van der Waals surface area contributed by atoms with Crippen LogP contribution in [0.2, 0.25) is 10.0 Å². The Morgan fingerprint density at radius 3 is 2.14 bits per heavy atom. The van der Waals surface area contributed by atoms with Gasteiger partial charge in [-0.1, -0.05) is 53.6 Å². The molecule has 0 saturated carbocycles. The summed E-state index contributed by atoms with van der Waals surface area (Å²) in [6.07, 6.45) is 3.80. The molecule has 0 saturated heterocycles. The number of nitrogens with one attached hydrogen (secondary N) is 1. The minimum Gasteiger partial charge on any atom is -0.481 e. The number of halogens is 2. The monoisotopic (exact) mass is 544 g/mol. The number of carbonyl (C=O) groups is 2. The van der Waals surface area contributed by atoms with Gasteiger partial charge in [0.05, 0.1) is 43.0 Å². The molecule has 3 rings (SSSR count). The number of aromatic nitrogens is 2. The quantitative estimate of drug-likeness (QED) is 0.358. The number of benzene rings is 2. The molecular formula is C26H26Cl2N4O5. The van der Waals surface area contributed by atoms with Gasteiger partial charge in [0.1, 0.15) is 6.04 Å². The van der Waals surface area contributed by atoms with Crippen molar-refractivity contribution in [2.24, 2.45) is 0 Å². The Kier molecular flexibility index (Phi) is 9.71. The predicted octanol–water partition coefficient (Wildman–Crippen LogP) is 4.94. The first-order chi connectivity index (χ1) is 17.8. The Labute approximate surface area is 225 Å². The lowest BCUT2D eigenvalue weighted by Gasteiger charge is -2.18. The second-order valence-corrected chi connectivity index (χ2v) is 8.50. The van der Waals surface area contributed by atoms with E-state index in [-0.39, 0.29) is 22.0 Å². The standard InChI is InChI=1S/C26H26Cl2N4O5/c1-32(26-30-21(35-2)15-22(31-26)36-3)17-13-11-16(12-14-17)7-5-10-20(25(34)37-4)29-24(33)23-18(27)8-6-9-19(23)28/h5-9,11-15,20H,10H2,1-4H3,(H,29,33)/b7-5+. The van der Waals surface area contributed by atoms with Gasteiger partial charge in [0.25, 0.3) is 5.91 Å². The number of ether oxygens (including phenoxy) is 3. The van der Waals surface area contributed by atoms with Crippen molar-refractivity contribution in [3.05, 3.63) is 75.8 Å². The Morgan fingerprint density at radius 2 is 1.59 bits per heavy atom. The summed E-state index contributed by atoms with van der Waals surface area (Å²) in [5.74, 6) is 0.0273. The molecule has 2 aromatic carbocycles. The molecule has 0 radical (unpaired) electrons. The lowest BCUT2D eigenvalue weighted by Crippen LogP contribution is -2.41. The van der Waals surface area contributed by atoms with E-state index >= 15 is 0 Å². The normalized spacial score (nSPS) is 11.6. The van der Waals surface area contributed by atoms with E-state index in [1.54, 1.807) is 35.2 Å². The van der Waals surface area contributed by atoms with Crippen molar-refractivity contribution < 1.29 is 23.8 Å². The van der Waals surface area contributed by atoms with Gasteiger partial charge in [-0.25, -0.2) is 4.79 Å². The molecule has 0 spiro atoms. The maximum Gasteiger partial charge on any atom is 0.328 e. The van der Waals surface area contributed by atoms with Gasteiger partial charge in [-0.15, -0.1) is 0 Å². The molecule has 0 aliphatic carbocycles. The molecule has 0 fully saturated rings. The van der Waals surface area contributed by atoms with Crippen LogP contribution >= 0.6 is 23.2 Å². The van der Waals surface area contributed by atoms with Gasteiger partial charge in [-0.2, -0.15) is 9.97 Å². The average Bonchev–Trinajstić information content (AvgIpc) is 2.91. The molecule has 1 N–H and O–H groups in total. The highest BCUT2D eigenvalue weighted by Gasteiger charge is 2.23. The van der Waals surface area contributed by atoms with Gasteiger partial charge in [-0.3, -0.25) is 4.79 Å². The molecule has 194 valence electrons. The Bertz CT molecular complexity index is 1240. The number of nitrogens with zero attached hydrogens (tertiary/aromatic N) is 3. The highest BCUT2D eigenvalue weighted by molar-refractivity contribution is 6.39. The van der Waals surface area contributed by atoms with Gasteiger partial charge in [0.2, 0.25) is 17.7 Å². The van der Waals surface area contributed by atoms with Crippen LogP contribution in [0, 0.1) is 0 Å². The van der Waals surface area contributed by atoms with E-state index in [2.05, 4.69) is 15.3 Å². The van der Waals surface area contributed by atoms with Gasteiger partial charge in [0, 0.05) is 12.7 Å². The summed E-state index contributed by atoms with van der Waals surface area (Å²) < 4.78 is 15.3. The Hall–Kier alpha value is -3.82. The lowest BCUT2D eigenvalue weighted by atomic mass is 10.1. The van der Waals surface area contributed by atoms with Crippen LogP contribution in [-0.2, 0) is 9.53 Å². The Morgan fingerprint density at radius 1 is 1.00 bits per heavy atom. The fourth-order valence-corrected chi connectivity index (χ4v) is 3.89. The topological polar surface area (TPSA) is 103 Å². The molecule has 3 aromatic rings. The van der Waals surface area contributed by atoms with Crippen LogP contribution < -0.4 is 19.7 Å². The van der Waals surface area contributed by atoms with Gasteiger partial charge >= 0.3 is 5.97 Å². The minimum absolute atomic E-state index is 0.0982. The SMILES string of the molecule is COC(=O)C(C/C=C/c1ccc(N(C)c2nc(OC)cc(OC)n2)cc1)NC(=O)c1c(Cl)cccc1Cl. The van der Waals surface area contributed by atoms with Crippen LogP contribution in [0.15, 0.2) is 54.6 Å². The molecule has 1 amide bonds. The summed E-state index contributed by atoms with van der Waals surface area (Å²) in [5.41, 5.74) is 1.82. The molecule has 0 aliphatic rings. The molecule has 1 heterocycles. The lowest BCUT2D eigenvalue weighted by molar-refractivity contribution is -0.142. The maximum atomic E-state index is 12.7. The number of hydrogen-bond donors (Lipinski definition) is 1. The molecule has 0 aliphatic heterocycles. The Balaban J connectivity index is 1.69. The van der Waals surface area contributed by atoms with E-state index in [1.165, 1.54) is 21.3 Å². The van der Waals surface area contributed by atoms with Crippen molar-refractivity contribution in [3.63, 3.8) is 0 Å². The zero-order chi connectivity index (χ0) is 26.9. The van der Waals surface area contributed by atoms with Crippen molar-refractivity contribution in [2.45, 2.75) is 12.5 Å². The van der Waals surface area contributed by atoms with E-state index in [0.717, 1.165) is 11.3 Å². The van der Waals surface area contributed by atoms with Gasteiger partial charge in [0.15, 0.2) is 0 Å². The van der Waals surface area contributed by atoms with Crippen molar-refractivity contribution in [1.82, 2.24) is 15.3 Å². The molecule has 11 heteroatoms. The van der Waals surface area contributed by atoms with Crippen LogP contribution in [0.25, 0.3) is 6.08 Å². The summed E-state index contributed by atoms with van der Waals surface area (Å²) in [6.45, 7) is 0. The molecule has 1 unspecified atom stereocenters. The largest absolute Gasteiger partial charge is 0.481 e. The highest BCUT2D eigenvalue weighted by Crippen LogP contribution is 2.26. The van der Waals surface area contributed by atoms with Gasteiger partial charge in [-0.05, 0) is 36.2 Å². The number of anilines is 2. The van der Waals surface area contributed by atoms with Crippen molar-refractivity contribution in [3.8, 4) is 11.8 Å². The molecule has 1 atom stereocenters. The van der Waals surface area contributed by atoms with Crippen LogP contribution in [0.1, 0.15) is 22.3 Å². The summed E-state index contributed by atoms with van der Waals surface area (Å²) >= 11 is 12.2. The van der Waals surface area contributed by atoms with E-state index < -0.39 is 17.9 Å². The summed E-state index contributed by atoms with van der Waals surface area (Å²) in [4.78, 5) is 35.5. The smallest absolute Gasteiger partial charge is 0.328 e. The maximum absolute atomic E-state index is 12.7. The first kappa shape index (κ1) is 27.8. The fourth-order valence-electron chi connectivity index (χ4n) is 3.32. The van der Waals surface area contributed by atoms with Crippen LogP contribution in [0.3, 0.4) is 0 Å². The molecule has 0 bridgehead atoms. The zero-order valence-corrected chi connectivity index (χ0v) is 22.2. The fraction of sp³-hybridized carbons (Fsp3) is 0.231. The molecular weight excluding hydrogens is 519 g/mol. The molecule has 9 nitrogen and oxygen atoms in total. The third-order valence-electron chi connectivity index (χ3n) is 5.33. The number of esters is 1. The van der Waals surface area contributed by atoms with Crippen molar-refractivity contribution >= 4 is 52.8 Å². The summed E-state index contributed by atoms with van der Waals surface area (Å²) in [7, 11) is 6.13. The van der Waals surface area contributed by atoms with Crippen LogP contribution in [-0.4, -0.2) is 56.3 Å². The third kappa shape index (κ3) is 7.12. The second-order valence-electron chi connectivity index (χ2n) is 7.69. The number of carbonyl (C=O) groups excluding carboxylic acids is 2. The average molecular weight is 545 g/mol. The van der Waals surface area contributed by atoms with Crippen LogP contribution in [0.4, 0.5) is 11.6 Å². The summed E-state index contributed by atoms with van der Waals surface area (Å²) in [5, 5.41) is 3.01.